The Balaban J connectivity index is 2.65. The number of carboxylic acids is 1. The summed E-state index contributed by atoms with van der Waals surface area (Å²) in [6.07, 6.45) is -0.347. The van der Waals surface area contributed by atoms with E-state index in [0.29, 0.717) is 19.6 Å². The van der Waals surface area contributed by atoms with Crippen molar-refractivity contribution in [3.63, 3.8) is 0 Å². The van der Waals surface area contributed by atoms with E-state index < -0.39 is 12.1 Å². The maximum absolute atomic E-state index is 10.9. The fraction of sp³-hybridized carbons (Fsp3) is 0.636. The minimum Gasteiger partial charge on any atom is -0.479 e. The Morgan fingerprint density at radius 3 is 2.65 bits per heavy atom. The van der Waals surface area contributed by atoms with Crippen molar-refractivity contribution in [2.24, 2.45) is 0 Å². The summed E-state index contributed by atoms with van der Waals surface area (Å²) in [7, 11) is 0. The summed E-state index contributed by atoms with van der Waals surface area (Å²) in [5.41, 5.74) is 1.91. The molecule has 1 aromatic heterocycles. The van der Waals surface area contributed by atoms with Gasteiger partial charge in [-0.1, -0.05) is 0 Å². The van der Waals surface area contributed by atoms with Crippen LogP contribution in [0.25, 0.3) is 0 Å². The van der Waals surface area contributed by atoms with Crippen LogP contribution < -0.4 is 0 Å². The lowest BCUT2D eigenvalue weighted by molar-refractivity contribution is -0.150. The van der Waals surface area contributed by atoms with Crippen LogP contribution in [0.5, 0.6) is 0 Å². The van der Waals surface area contributed by atoms with E-state index in [2.05, 4.69) is 21.0 Å². The summed E-state index contributed by atoms with van der Waals surface area (Å²) in [5.74, 6) is -0.924. The predicted octanol–water partition coefficient (Wildman–Crippen LogP) is 2.14. The normalized spacial score (nSPS) is 12.7. The monoisotopic (exact) mass is 304 g/mol. The Kier molecular flexibility index (Phi) is 5.14. The molecule has 1 heterocycles. The molecule has 0 saturated carbocycles. The standard InChI is InChI=1S/C11H17BrN2O3/c1-4-17-9(11(15)16)5-6-14-8(3)10(12)7(2)13-14/h9H,4-6H2,1-3H3,(H,15,16). The predicted molar refractivity (Wildman–Crippen MR) is 67.1 cm³/mol. The van der Waals surface area contributed by atoms with Gasteiger partial charge >= 0.3 is 5.97 Å². The van der Waals surface area contributed by atoms with Gasteiger partial charge in [0.1, 0.15) is 0 Å². The Hall–Kier alpha value is -0.880. The second-order valence-corrected chi connectivity index (χ2v) is 4.57. The summed E-state index contributed by atoms with van der Waals surface area (Å²) in [6, 6.07) is 0. The van der Waals surface area contributed by atoms with Gasteiger partial charge in [0.2, 0.25) is 0 Å². The molecule has 0 aliphatic heterocycles. The third-order valence-corrected chi connectivity index (χ3v) is 3.69. The van der Waals surface area contributed by atoms with E-state index >= 15 is 0 Å². The van der Waals surface area contributed by atoms with Crippen LogP contribution in [0.4, 0.5) is 0 Å². The summed E-state index contributed by atoms with van der Waals surface area (Å²) >= 11 is 3.44. The van der Waals surface area contributed by atoms with Crippen LogP contribution in [-0.4, -0.2) is 33.6 Å². The molecule has 1 unspecified atom stereocenters. The number of nitrogens with zero attached hydrogens (tertiary/aromatic N) is 2. The lowest BCUT2D eigenvalue weighted by Crippen LogP contribution is -2.25. The quantitative estimate of drug-likeness (QED) is 0.874. The fourth-order valence-corrected chi connectivity index (χ4v) is 1.90. The topological polar surface area (TPSA) is 64.4 Å². The highest BCUT2D eigenvalue weighted by atomic mass is 79.9. The third kappa shape index (κ3) is 3.54. The third-order valence-electron chi connectivity index (χ3n) is 2.54. The molecule has 1 atom stereocenters. The van der Waals surface area contributed by atoms with Gasteiger partial charge in [-0.2, -0.15) is 5.10 Å². The molecule has 1 rings (SSSR count). The number of hydrogen-bond donors (Lipinski definition) is 1. The number of rotatable bonds is 6. The Morgan fingerprint density at radius 1 is 1.59 bits per heavy atom. The van der Waals surface area contributed by atoms with Gasteiger partial charge in [0.25, 0.3) is 0 Å². The molecule has 0 bridgehead atoms. The van der Waals surface area contributed by atoms with E-state index in [4.69, 9.17) is 9.84 Å². The second-order valence-electron chi connectivity index (χ2n) is 3.78. The van der Waals surface area contributed by atoms with E-state index in [1.54, 1.807) is 11.6 Å². The maximum atomic E-state index is 10.9. The van der Waals surface area contributed by atoms with Gasteiger partial charge in [0.05, 0.1) is 10.2 Å². The molecule has 5 nitrogen and oxygen atoms in total. The minimum absolute atomic E-state index is 0.401. The maximum Gasteiger partial charge on any atom is 0.332 e. The number of hydrogen-bond acceptors (Lipinski definition) is 3. The van der Waals surface area contributed by atoms with Crippen LogP contribution in [0.15, 0.2) is 4.47 Å². The highest BCUT2D eigenvalue weighted by molar-refractivity contribution is 9.10. The zero-order valence-corrected chi connectivity index (χ0v) is 11.8. The molecule has 96 valence electrons. The van der Waals surface area contributed by atoms with Gasteiger partial charge in [-0.3, -0.25) is 4.68 Å². The molecule has 0 saturated heterocycles. The van der Waals surface area contributed by atoms with E-state index in [1.807, 2.05) is 13.8 Å². The van der Waals surface area contributed by atoms with Gasteiger partial charge in [0, 0.05) is 25.3 Å². The zero-order valence-electron chi connectivity index (χ0n) is 10.2. The zero-order chi connectivity index (χ0) is 13.0. The Labute approximate surface area is 109 Å². The van der Waals surface area contributed by atoms with Crippen LogP contribution in [-0.2, 0) is 16.1 Å². The van der Waals surface area contributed by atoms with Crippen LogP contribution in [0.2, 0.25) is 0 Å². The SMILES string of the molecule is CCOC(CCn1nc(C)c(Br)c1C)C(=O)O. The molecule has 0 spiro atoms. The van der Waals surface area contributed by atoms with Gasteiger partial charge in [-0.25, -0.2) is 4.79 Å². The highest BCUT2D eigenvalue weighted by Gasteiger charge is 2.18. The number of aryl methyl sites for hydroxylation is 2. The van der Waals surface area contributed by atoms with Crippen LogP contribution in [0.3, 0.4) is 0 Å². The molecule has 0 aliphatic carbocycles. The lowest BCUT2D eigenvalue weighted by atomic mass is 10.2. The largest absolute Gasteiger partial charge is 0.479 e. The smallest absolute Gasteiger partial charge is 0.332 e. The van der Waals surface area contributed by atoms with E-state index in [-0.39, 0.29) is 0 Å². The van der Waals surface area contributed by atoms with Crippen LogP contribution in [0, 0.1) is 13.8 Å². The van der Waals surface area contributed by atoms with Crippen molar-refractivity contribution >= 4 is 21.9 Å². The molecule has 6 heteroatoms. The minimum atomic E-state index is -0.924. The van der Waals surface area contributed by atoms with E-state index in [9.17, 15) is 4.79 Å². The van der Waals surface area contributed by atoms with Crippen molar-refractivity contribution in [1.29, 1.82) is 0 Å². The van der Waals surface area contributed by atoms with Crippen molar-refractivity contribution in [3.8, 4) is 0 Å². The fourth-order valence-electron chi connectivity index (χ4n) is 1.61. The van der Waals surface area contributed by atoms with Crippen LogP contribution in [0.1, 0.15) is 24.7 Å². The number of aliphatic carboxylic acids is 1. The summed E-state index contributed by atoms with van der Waals surface area (Å²) in [5, 5.41) is 13.3. The molecule has 0 amide bonds. The average Bonchev–Trinajstić information content (AvgIpc) is 2.52. The van der Waals surface area contributed by atoms with Crippen LogP contribution >= 0.6 is 15.9 Å². The van der Waals surface area contributed by atoms with Gasteiger partial charge < -0.3 is 9.84 Å². The number of aromatic nitrogens is 2. The first kappa shape index (κ1) is 14.2. The molecule has 0 fully saturated rings. The van der Waals surface area contributed by atoms with Gasteiger partial charge in [-0.15, -0.1) is 0 Å². The number of halogens is 1. The van der Waals surface area contributed by atoms with Crippen molar-refractivity contribution in [3.05, 3.63) is 15.9 Å². The molecule has 0 aliphatic rings. The molecular formula is C11H17BrN2O3. The highest BCUT2D eigenvalue weighted by Crippen LogP contribution is 2.20. The second kappa shape index (κ2) is 6.16. The summed E-state index contributed by atoms with van der Waals surface area (Å²) < 4.78 is 7.92. The van der Waals surface area contributed by atoms with Crippen molar-refractivity contribution in [2.45, 2.75) is 39.8 Å². The lowest BCUT2D eigenvalue weighted by Gasteiger charge is -2.12. The number of carboxylic acid groups (broad SMARTS) is 1. The molecule has 0 aromatic carbocycles. The first-order valence-electron chi connectivity index (χ1n) is 5.51. The summed E-state index contributed by atoms with van der Waals surface area (Å²) in [6.45, 7) is 6.58. The molecule has 1 aromatic rings. The average molecular weight is 305 g/mol. The first-order chi connectivity index (χ1) is 7.97. The molecule has 0 radical (unpaired) electrons. The van der Waals surface area contributed by atoms with Gasteiger partial charge in [0.15, 0.2) is 6.10 Å². The van der Waals surface area contributed by atoms with Crippen molar-refractivity contribution in [1.82, 2.24) is 9.78 Å². The van der Waals surface area contributed by atoms with Crippen molar-refractivity contribution < 1.29 is 14.6 Å². The van der Waals surface area contributed by atoms with E-state index in [0.717, 1.165) is 15.9 Å². The molecule has 1 N–H and O–H groups in total. The molecule has 17 heavy (non-hydrogen) atoms. The number of carbonyl (C=O) groups is 1. The Morgan fingerprint density at radius 2 is 2.24 bits per heavy atom. The summed E-state index contributed by atoms with van der Waals surface area (Å²) in [4.78, 5) is 10.9. The van der Waals surface area contributed by atoms with Gasteiger partial charge in [-0.05, 0) is 36.7 Å². The molecular weight excluding hydrogens is 288 g/mol. The number of ether oxygens (including phenoxy) is 1. The Bertz CT molecular complexity index is 404. The first-order valence-corrected chi connectivity index (χ1v) is 6.30. The van der Waals surface area contributed by atoms with E-state index in [1.165, 1.54) is 0 Å². The van der Waals surface area contributed by atoms with Crippen molar-refractivity contribution in [2.75, 3.05) is 6.61 Å².